The molecule has 0 bridgehead atoms. The predicted molar refractivity (Wildman–Crippen MR) is 98.0 cm³/mol. The van der Waals surface area contributed by atoms with Crippen molar-refractivity contribution in [3.05, 3.63) is 57.1 Å². The van der Waals surface area contributed by atoms with Gasteiger partial charge in [0.2, 0.25) is 0 Å². The van der Waals surface area contributed by atoms with E-state index in [4.69, 9.17) is 4.74 Å². The number of halogens is 5. The highest BCUT2D eigenvalue weighted by molar-refractivity contribution is 9.10. The first-order chi connectivity index (χ1) is 13.5. The summed E-state index contributed by atoms with van der Waals surface area (Å²) >= 11 is 3.01. The van der Waals surface area contributed by atoms with E-state index in [1.807, 2.05) is 0 Å². The second-order valence-corrected chi connectivity index (χ2v) is 6.82. The van der Waals surface area contributed by atoms with E-state index in [1.54, 1.807) is 6.92 Å². The Kier molecular flexibility index (Phi) is 7.34. The van der Waals surface area contributed by atoms with Crippen LogP contribution in [-0.2, 0) is 22.1 Å². The molecule has 0 aliphatic rings. The van der Waals surface area contributed by atoms with Crippen molar-refractivity contribution in [3.63, 3.8) is 0 Å². The standard InChI is InChI=1S/C19H16BrF4NO4/c1-2-29-16(27)7-6-15(26)17-18(28)13(20)9-10(25-17)8-11-12(19(22,23)24)4-3-5-14(11)21/h3-5,9,28H,2,6-8H2,1H3. The summed E-state index contributed by atoms with van der Waals surface area (Å²) in [6.45, 7) is 1.74. The van der Waals surface area contributed by atoms with Crippen LogP contribution in [0.3, 0.4) is 0 Å². The molecule has 2 rings (SSSR count). The molecule has 0 saturated carbocycles. The smallest absolute Gasteiger partial charge is 0.416 e. The van der Waals surface area contributed by atoms with Crippen LogP contribution >= 0.6 is 15.9 Å². The van der Waals surface area contributed by atoms with Crippen LogP contribution in [0.4, 0.5) is 17.6 Å². The molecule has 5 nitrogen and oxygen atoms in total. The topological polar surface area (TPSA) is 76.5 Å². The van der Waals surface area contributed by atoms with E-state index < -0.39 is 52.7 Å². The molecule has 1 aromatic carbocycles. The number of aromatic nitrogens is 1. The Bertz CT molecular complexity index is 931. The van der Waals surface area contributed by atoms with Gasteiger partial charge in [-0.1, -0.05) is 6.07 Å². The zero-order chi connectivity index (χ0) is 21.8. The average molecular weight is 478 g/mol. The Hall–Kier alpha value is -2.49. The van der Waals surface area contributed by atoms with Gasteiger partial charge < -0.3 is 9.84 Å². The Morgan fingerprint density at radius 3 is 2.55 bits per heavy atom. The normalized spacial score (nSPS) is 11.4. The Morgan fingerprint density at radius 1 is 1.24 bits per heavy atom. The number of hydrogen-bond donors (Lipinski definition) is 1. The van der Waals surface area contributed by atoms with E-state index in [1.165, 1.54) is 6.07 Å². The number of benzene rings is 1. The lowest BCUT2D eigenvalue weighted by Crippen LogP contribution is -2.13. The van der Waals surface area contributed by atoms with Crippen molar-refractivity contribution < 1.29 is 37.0 Å². The van der Waals surface area contributed by atoms with E-state index >= 15 is 0 Å². The highest BCUT2D eigenvalue weighted by Gasteiger charge is 2.34. The fraction of sp³-hybridized carbons (Fsp3) is 0.316. The Morgan fingerprint density at radius 2 is 1.93 bits per heavy atom. The molecule has 0 unspecified atom stereocenters. The van der Waals surface area contributed by atoms with Crippen LogP contribution in [0.15, 0.2) is 28.7 Å². The second-order valence-electron chi connectivity index (χ2n) is 5.96. The molecular weight excluding hydrogens is 462 g/mol. The lowest BCUT2D eigenvalue weighted by Gasteiger charge is -2.14. The number of hydrogen-bond acceptors (Lipinski definition) is 5. The van der Waals surface area contributed by atoms with Gasteiger partial charge in [-0.3, -0.25) is 9.59 Å². The molecule has 0 radical (unpaired) electrons. The van der Waals surface area contributed by atoms with Crippen LogP contribution in [0, 0.1) is 5.82 Å². The van der Waals surface area contributed by atoms with Gasteiger partial charge in [0.1, 0.15) is 11.5 Å². The van der Waals surface area contributed by atoms with Crippen molar-refractivity contribution in [3.8, 4) is 5.75 Å². The molecule has 1 heterocycles. The van der Waals surface area contributed by atoms with E-state index in [-0.39, 0.29) is 29.6 Å². The van der Waals surface area contributed by atoms with E-state index in [9.17, 15) is 32.3 Å². The molecule has 0 atom stereocenters. The van der Waals surface area contributed by atoms with E-state index in [0.717, 1.165) is 18.2 Å². The molecule has 156 valence electrons. The summed E-state index contributed by atoms with van der Waals surface area (Å²) in [5, 5.41) is 10.1. The predicted octanol–water partition coefficient (Wildman–Crippen LogP) is 4.82. The Labute approximate surface area is 171 Å². The van der Waals surface area contributed by atoms with Crippen molar-refractivity contribution in [1.82, 2.24) is 4.98 Å². The van der Waals surface area contributed by atoms with Gasteiger partial charge in [0.15, 0.2) is 11.5 Å². The number of pyridine rings is 1. The van der Waals surface area contributed by atoms with Crippen molar-refractivity contribution in [2.45, 2.75) is 32.4 Å². The highest BCUT2D eigenvalue weighted by Crippen LogP contribution is 2.35. The van der Waals surface area contributed by atoms with Crippen molar-refractivity contribution in [1.29, 1.82) is 0 Å². The first-order valence-corrected chi connectivity index (χ1v) is 9.25. The molecule has 1 aromatic heterocycles. The minimum Gasteiger partial charge on any atom is -0.504 e. The van der Waals surface area contributed by atoms with Gasteiger partial charge in [-0.15, -0.1) is 0 Å². The number of carbonyl (C=O) groups excluding carboxylic acids is 2. The van der Waals surface area contributed by atoms with Gasteiger partial charge in [0.25, 0.3) is 0 Å². The number of rotatable bonds is 7. The molecule has 0 saturated heterocycles. The Balaban J connectivity index is 2.36. The average Bonchev–Trinajstić information content (AvgIpc) is 2.63. The highest BCUT2D eigenvalue weighted by atomic mass is 79.9. The van der Waals surface area contributed by atoms with Crippen LogP contribution in [-0.4, -0.2) is 28.4 Å². The number of carbonyl (C=O) groups is 2. The van der Waals surface area contributed by atoms with Crippen LogP contribution in [0.2, 0.25) is 0 Å². The summed E-state index contributed by atoms with van der Waals surface area (Å²) in [6, 6.07) is 3.79. The van der Waals surface area contributed by atoms with E-state index in [2.05, 4.69) is 20.9 Å². The van der Waals surface area contributed by atoms with Crippen LogP contribution in [0.5, 0.6) is 5.75 Å². The zero-order valence-electron chi connectivity index (χ0n) is 15.1. The molecule has 0 aliphatic heterocycles. The maximum atomic E-state index is 14.1. The zero-order valence-corrected chi connectivity index (χ0v) is 16.7. The summed E-state index contributed by atoms with van der Waals surface area (Å²) in [5.74, 6) is -2.91. The first kappa shape index (κ1) is 22.8. The third kappa shape index (κ3) is 5.75. The van der Waals surface area contributed by atoms with Gasteiger partial charge >= 0.3 is 12.1 Å². The molecule has 1 N–H and O–H groups in total. The number of aromatic hydroxyl groups is 1. The maximum Gasteiger partial charge on any atom is 0.416 e. The fourth-order valence-electron chi connectivity index (χ4n) is 2.59. The molecule has 0 amide bonds. The molecule has 0 fully saturated rings. The fourth-order valence-corrected chi connectivity index (χ4v) is 3.05. The third-order valence-corrected chi connectivity index (χ3v) is 4.51. The molecule has 2 aromatic rings. The third-order valence-electron chi connectivity index (χ3n) is 3.91. The van der Waals surface area contributed by atoms with Gasteiger partial charge in [0, 0.05) is 24.1 Å². The molecule has 0 spiro atoms. The van der Waals surface area contributed by atoms with Gasteiger partial charge in [-0.25, -0.2) is 9.37 Å². The monoisotopic (exact) mass is 477 g/mol. The second kappa shape index (κ2) is 9.34. The minimum absolute atomic E-state index is 0.00637. The lowest BCUT2D eigenvalue weighted by molar-refractivity contribution is -0.143. The van der Waals surface area contributed by atoms with Gasteiger partial charge in [0.05, 0.1) is 23.1 Å². The van der Waals surface area contributed by atoms with Crippen molar-refractivity contribution >= 4 is 27.7 Å². The maximum absolute atomic E-state index is 14.1. The number of nitrogens with zero attached hydrogens (tertiary/aromatic N) is 1. The minimum atomic E-state index is -4.77. The summed E-state index contributed by atoms with van der Waals surface area (Å²) in [4.78, 5) is 27.6. The van der Waals surface area contributed by atoms with Crippen LogP contribution in [0.1, 0.15) is 47.1 Å². The summed E-state index contributed by atoms with van der Waals surface area (Å²) in [6.07, 6.45) is -5.90. The number of ether oxygens (including phenoxy) is 1. The summed E-state index contributed by atoms with van der Waals surface area (Å²) < 4.78 is 58.4. The SMILES string of the molecule is CCOC(=O)CCC(=O)c1nc(Cc2c(F)cccc2C(F)(F)F)cc(Br)c1O. The van der Waals surface area contributed by atoms with Crippen molar-refractivity contribution in [2.75, 3.05) is 6.61 Å². The molecule has 29 heavy (non-hydrogen) atoms. The first-order valence-electron chi connectivity index (χ1n) is 8.46. The van der Waals surface area contributed by atoms with Gasteiger partial charge in [-0.05, 0) is 41.1 Å². The van der Waals surface area contributed by atoms with E-state index in [0.29, 0.717) is 0 Å². The number of alkyl halides is 3. The van der Waals surface area contributed by atoms with Gasteiger partial charge in [-0.2, -0.15) is 13.2 Å². The summed E-state index contributed by atoms with van der Waals surface area (Å²) in [5.41, 5.74) is -2.28. The molecule has 0 aliphatic carbocycles. The number of Topliss-reactive ketones (excluding diaryl/α,β-unsaturated/α-hetero) is 1. The quantitative estimate of drug-likeness (QED) is 0.351. The van der Waals surface area contributed by atoms with Crippen LogP contribution in [0.25, 0.3) is 0 Å². The molecule has 10 heteroatoms. The van der Waals surface area contributed by atoms with Crippen LogP contribution < -0.4 is 0 Å². The number of esters is 1. The molecular formula is C19H16BrF4NO4. The number of ketones is 1. The lowest BCUT2D eigenvalue weighted by atomic mass is 10.0. The van der Waals surface area contributed by atoms with Crippen molar-refractivity contribution in [2.24, 2.45) is 0 Å². The summed E-state index contributed by atoms with van der Waals surface area (Å²) in [7, 11) is 0. The largest absolute Gasteiger partial charge is 0.504 e.